The average Bonchev–Trinajstić information content (AvgIpc) is 3.54. The van der Waals surface area contributed by atoms with Crippen LogP contribution in [0.5, 0.6) is 5.88 Å². The molecule has 3 aliphatic rings. The Morgan fingerprint density at radius 1 is 1.06 bits per heavy atom. The van der Waals surface area contributed by atoms with Crippen molar-refractivity contribution in [2.45, 2.75) is 57.2 Å². The van der Waals surface area contributed by atoms with Gasteiger partial charge in [0.2, 0.25) is 11.8 Å². The Bertz CT molecular complexity index is 1180. The zero-order chi connectivity index (χ0) is 24.3. The lowest BCUT2D eigenvalue weighted by atomic mass is 10.1. The third-order valence-electron chi connectivity index (χ3n) is 7.52. The molecule has 0 spiro atoms. The molecular weight excluding hydrogens is 456 g/mol. The number of carbonyl (C=O) groups is 1. The number of piperidine rings is 1. The first-order valence-corrected chi connectivity index (χ1v) is 12.9. The number of fused-ring (bicyclic) bond motifs is 2. The van der Waals surface area contributed by atoms with E-state index >= 15 is 0 Å². The van der Waals surface area contributed by atoms with Crippen LogP contribution in [0.15, 0.2) is 36.7 Å². The molecule has 1 aromatic carbocycles. The van der Waals surface area contributed by atoms with E-state index in [-0.39, 0.29) is 12.0 Å². The van der Waals surface area contributed by atoms with Gasteiger partial charge in [-0.3, -0.25) is 4.79 Å². The van der Waals surface area contributed by atoms with Gasteiger partial charge >= 0.3 is 0 Å². The molecule has 36 heavy (non-hydrogen) atoms. The van der Waals surface area contributed by atoms with Crippen molar-refractivity contribution in [2.24, 2.45) is 0 Å². The monoisotopic (exact) mass is 488 g/mol. The van der Waals surface area contributed by atoms with Crippen molar-refractivity contribution in [3.63, 3.8) is 0 Å². The summed E-state index contributed by atoms with van der Waals surface area (Å²) in [5, 5.41) is 14.5. The summed E-state index contributed by atoms with van der Waals surface area (Å²) in [5.74, 6) is 1.62. The maximum absolute atomic E-state index is 12.7. The molecule has 1 aliphatic carbocycles. The molecule has 2 aromatic heterocycles. The van der Waals surface area contributed by atoms with Crippen molar-refractivity contribution in [1.29, 1.82) is 0 Å². The van der Waals surface area contributed by atoms with Gasteiger partial charge in [0.25, 0.3) is 0 Å². The molecule has 1 saturated heterocycles. The first-order chi connectivity index (χ1) is 17.7. The van der Waals surface area contributed by atoms with E-state index < -0.39 is 0 Å². The van der Waals surface area contributed by atoms with E-state index in [1.54, 1.807) is 6.33 Å². The molecule has 6 rings (SSSR count). The van der Waals surface area contributed by atoms with Crippen molar-refractivity contribution >= 4 is 11.7 Å². The largest absolute Gasteiger partial charge is 0.474 e. The van der Waals surface area contributed by atoms with Gasteiger partial charge in [-0.05, 0) is 36.8 Å². The van der Waals surface area contributed by atoms with Crippen LogP contribution in [0, 0.1) is 0 Å². The van der Waals surface area contributed by atoms with Crippen molar-refractivity contribution in [3.8, 4) is 5.88 Å². The van der Waals surface area contributed by atoms with Crippen LogP contribution in [0.4, 0.5) is 5.82 Å². The Morgan fingerprint density at radius 2 is 1.83 bits per heavy atom. The van der Waals surface area contributed by atoms with Crippen LogP contribution in [0.2, 0.25) is 0 Å². The summed E-state index contributed by atoms with van der Waals surface area (Å²) in [7, 11) is 0. The fraction of sp³-hybridized carbons (Fsp3) is 0.500. The summed E-state index contributed by atoms with van der Waals surface area (Å²) in [6.45, 7) is 3.89. The molecule has 2 aliphatic heterocycles. The maximum atomic E-state index is 12.7. The van der Waals surface area contributed by atoms with Crippen molar-refractivity contribution < 1.29 is 9.53 Å². The fourth-order valence-electron chi connectivity index (χ4n) is 5.50. The minimum absolute atomic E-state index is 0.128. The SMILES string of the molecule is O=C(CCN1CCC(Oc2cc(NC3Cc4ccccc4C3)ncn2)CC1)N1CCc2n[nH]nc2C1. The van der Waals surface area contributed by atoms with Crippen LogP contribution >= 0.6 is 0 Å². The number of aromatic nitrogens is 5. The first kappa shape index (κ1) is 22.9. The topological polar surface area (TPSA) is 112 Å². The number of carbonyl (C=O) groups excluding carboxylic acids is 1. The van der Waals surface area contributed by atoms with Gasteiger partial charge < -0.3 is 19.9 Å². The lowest BCUT2D eigenvalue weighted by Crippen LogP contribution is -2.41. The Labute approximate surface area is 210 Å². The Morgan fingerprint density at radius 3 is 2.64 bits per heavy atom. The molecule has 1 amide bonds. The van der Waals surface area contributed by atoms with Crippen LogP contribution in [0.3, 0.4) is 0 Å². The number of H-pyrrole nitrogens is 1. The molecule has 0 bridgehead atoms. The van der Waals surface area contributed by atoms with Gasteiger partial charge in [0.15, 0.2) is 0 Å². The third kappa shape index (κ3) is 5.18. The zero-order valence-electron chi connectivity index (χ0n) is 20.4. The lowest BCUT2D eigenvalue weighted by Gasteiger charge is -2.32. The van der Waals surface area contributed by atoms with E-state index in [9.17, 15) is 4.79 Å². The van der Waals surface area contributed by atoms with Gasteiger partial charge in [0.05, 0.1) is 12.2 Å². The molecule has 188 valence electrons. The number of ether oxygens (including phenoxy) is 1. The smallest absolute Gasteiger partial charge is 0.224 e. The Kier molecular flexibility index (Phi) is 6.50. The molecule has 3 aromatic rings. The van der Waals surface area contributed by atoms with E-state index in [4.69, 9.17) is 4.74 Å². The number of nitrogens with zero attached hydrogens (tertiary/aromatic N) is 6. The highest BCUT2D eigenvalue weighted by Gasteiger charge is 2.26. The highest BCUT2D eigenvalue weighted by atomic mass is 16.5. The third-order valence-corrected chi connectivity index (χ3v) is 7.52. The van der Waals surface area contributed by atoms with E-state index in [0.29, 0.717) is 24.9 Å². The highest BCUT2D eigenvalue weighted by Crippen LogP contribution is 2.25. The number of hydrogen-bond donors (Lipinski definition) is 2. The number of anilines is 1. The summed E-state index contributed by atoms with van der Waals surface area (Å²) in [5.41, 5.74) is 4.70. The van der Waals surface area contributed by atoms with Crippen LogP contribution < -0.4 is 10.1 Å². The summed E-state index contributed by atoms with van der Waals surface area (Å²) in [6, 6.07) is 10.9. The van der Waals surface area contributed by atoms with Gasteiger partial charge in [-0.2, -0.15) is 15.4 Å². The molecule has 10 heteroatoms. The van der Waals surface area contributed by atoms with Gasteiger partial charge in [-0.15, -0.1) is 0 Å². The molecule has 1 fully saturated rings. The minimum Gasteiger partial charge on any atom is -0.474 e. The standard InChI is InChI=1S/C26H32N8O2/c35-26(34-12-7-22-23(16-34)31-32-30-22)8-11-33-9-5-21(6-10-33)36-25-15-24(27-17-28-25)29-20-13-18-3-1-2-4-19(18)14-20/h1-4,15,17,20-21H,5-14,16H2,(H,27,28,29)(H,30,31,32). The quantitative estimate of drug-likeness (QED) is 0.519. The Hall–Kier alpha value is -3.53. The number of amides is 1. The number of aromatic amines is 1. The molecule has 4 heterocycles. The second-order valence-electron chi connectivity index (χ2n) is 9.95. The molecular formula is C26H32N8O2. The number of rotatable bonds is 7. The highest BCUT2D eigenvalue weighted by molar-refractivity contribution is 5.76. The molecule has 0 unspecified atom stereocenters. The number of likely N-dealkylation sites (tertiary alicyclic amines) is 1. The van der Waals surface area contributed by atoms with Crippen molar-refractivity contribution in [1.82, 2.24) is 35.2 Å². The van der Waals surface area contributed by atoms with Crippen LogP contribution in [0.25, 0.3) is 0 Å². The van der Waals surface area contributed by atoms with Gasteiger partial charge in [0.1, 0.15) is 23.9 Å². The average molecular weight is 489 g/mol. The molecule has 0 saturated carbocycles. The first-order valence-electron chi connectivity index (χ1n) is 12.9. The summed E-state index contributed by atoms with van der Waals surface area (Å²) in [6.07, 6.45) is 6.87. The van der Waals surface area contributed by atoms with Crippen LogP contribution in [-0.4, -0.2) is 79.4 Å². The van der Waals surface area contributed by atoms with E-state index in [2.05, 4.69) is 59.9 Å². The van der Waals surface area contributed by atoms with Gasteiger partial charge in [-0.25, -0.2) is 9.97 Å². The van der Waals surface area contributed by atoms with E-state index in [0.717, 1.165) is 75.5 Å². The predicted octanol–water partition coefficient (Wildman–Crippen LogP) is 1.99. The molecule has 2 N–H and O–H groups in total. The number of hydrogen-bond acceptors (Lipinski definition) is 8. The summed E-state index contributed by atoms with van der Waals surface area (Å²) < 4.78 is 6.21. The van der Waals surface area contributed by atoms with Crippen molar-refractivity contribution in [3.05, 3.63) is 59.2 Å². The normalized spacial score (nSPS) is 18.6. The summed E-state index contributed by atoms with van der Waals surface area (Å²) >= 11 is 0. The van der Waals surface area contributed by atoms with Crippen LogP contribution in [0.1, 0.15) is 41.8 Å². The second kappa shape index (κ2) is 10.2. The second-order valence-corrected chi connectivity index (χ2v) is 9.95. The number of benzene rings is 1. The zero-order valence-corrected chi connectivity index (χ0v) is 20.4. The minimum atomic E-state index is 0.128. The number of nitrogens with one attached hydrogen (secondary N) is 2. The molecule has 10 nitrogen and oxygen atoms in total. The van der Waals surface area contributed by atoms with Crippen LogP contribution in [-0.2, 0) is 30.6 Å². The van der Waals surface area contributed by atoms with Gasteiger partial charge in [0, 0.05) is 51.1 Å². The van der Waals surface area contributed by atoms with E-state index in [1.807, 2.05) is 11.0 Å². The lowest BCUT2D eigenvalue weighted by molar-refractivity contribution is -0.132. The molecule has 0 radical (unpaired) electrons. The predicted molar refractivity (Wildman–Crippen MR) is 134 cm³/mol. The van der Waals surface area contributed by atoms with Crippen molar-refractivity contribution in [2.75, 3.05) is 31.5 Å². The Balaban J connectivity index is 0.937. The summed E-state index contributed by atoms with van der Waals surface area (Å²) in [4.78, 5) is 25.7. The maximum Gasteiger partial charge on any atom is 0.224 e. The van der Waals surface area contributed by atoms with Gasteiger partial charge in [-0.1, -0.05) is 24.3 Å². The van der Waals surface area contributed by atoms with E-state index in [1.165, 1.54) is 11.1 Å². The molecule has 0 atom stereocenters. The fourth-order valence-corrected chi connectivity index (χ4v) is 5.50.